The van der Waals surface area contributed by atoms with Crippen molar-refractivity contribution in [3.63, 3.8) is 0 Å². The number of nitrogens with zero attached hydrogens (tertiary/aromatic N) is 2. The predicted octanol–water partition coefficient (Wildman–Crippen LogP) is 2.73. The van der Waals surface area contributed by atoms with E-state index in [9.17, 15) is 0 Å². The van der Waals surface area contributed by atoms with Crippen LogP contribution in [0.15, 0.2) is 0 Å². The number of anilines is 1. The van der Waals surface area contributed by atoms with Crippen LogP contribution < -0.4 is 5.32 Å². The third kappa shape index (κ3) is 1.75. The molecule has 2 aliphatic rings. The monoisotopic (exact) mass is 275 g/mol. The number of aryl methyl sites for hydroxylation is 2. The second-order valence-corrected chi connectivity index (χ2v) is 6.36. The Balaban J connectivity index is 1.90. The van der Waals surface area contributed by atoms with E-state index in [4.69, 9.17) is 14.7 Å². The summed E-state index contributed by atoms with van der Waals surface area (Å²) < 4.78 is 5.46. The Morgan fingerprint density at radius 3 is 3.05 bits per heavy atom. The highest BCUT2D eigenvalue weighted by molar-refractivity contribution is 7.19. The van der Waals surface area contributed by atoms with Gasteiger partial charge in [0, 0.05) is 24.4 Å². The highest BCUT2D eigenvalue weighted by Crippen LogP contribution is 2.40. The summed E-state index contributed by atoms with van der Waals surface area (Å²) in [6, 6.07) is 0. The first-order valence-corrected chi connectivity index (χ1v) is 7.76. The molecule has 1 aliphatic heterocycles. The molecular formula is C14H17N3OS. The van der Waals surface area contributed by atoms with Gasteiger partial charge in [-0.05, 0) is 31.2 Å². The van der Waals surface area contributed by atoms with E-state index in [2.05, 4.69) is 5.32 Å². The maximum atomic E-state index is 5.46. The molecule has 19 heavy (non-hydrogen) atoms. The molecule has 0 radical (unpaired) electrons. The van der Waals surface area contributed by atoms with E-state index in [-0.39, 0.29) is 0 Å². The van der Waals surface area contributed by atoms with Crippen LogP contribution in [0.5, 0.6) is 0 Å². The quantitative estimate of drug-likeness (QED) is 0.915. The van der Waals surface area contributed by atoms with Gasteiger partial charge in [0.2, 0.25) is 0 Å². The van der Waals surface area contributed by atoms with Crippen molar-refractivity contribution in [2.45, 2.75) is 31.6 Å². The molecule has 4 nitrogen and oxygen atoms in total. The molecule has 2 aromatic rings. The molecule has 1 saturated heterocycles. The van der Waals surface area contributed by atoms with Crippen molar-refractivity contribution in [1.82, 2.24) is 9.97 Å². The van der Waals surface area contributed by atoms with Gasteiger partial charge >= 0.3 is 0 Å². The van der Waals surface area contributed by atoms with E-state index < -0.39 is 0 Å². The van der Waals surface area contributed by atoms with Crippen LogP contribution in [-0.2, 0) is 17.6 Å². The van der Waals surface area contributed by atoms with Crippen LogP contribution >= 0.6 is 11.3 Å². The van der Waals surface area contributed by atoms with Crippen LogP contribution in [0.25, 0.3) is 10.2 Å². The molecule has 1 fully saturated rings. The van der Waals surface area contributed by atoms with Gasteiger partial charge in [0.1, 0.15) is 16.5 Å². The maximum absolute atomic E-state index is 5.46. The standard InChI is InChI=1S/C14H17N3OS/c1-15-13-11-9-3-2-4-10(9)19-14(11)17-12(16-13)8-5-6-18-7-8/h8H,2-7H2,1H3,(H,15,16,17). The van der Waals surface area contributed by atoms with Gasteiger partial charge in [-0.15, -0.1) is 11.3 Å². The first-order chi connectivity index (χ1) is 9.36. The summed E-state index contributed by atoms with van der Waals surface area (Å²) in [5, 5.41) is 4.53. The average Bonchev–Trinajstić information content (AvgIpc) is 3.13. The zero-order chi connectivity index (χ0) is 12.8. The van der Waals surface area contributed by atoms with E-state index in [1.807, 2.05) is 18.4 Å². The number of nitrogens with one attached hydrogen (secondary N) is 1. The zero-order valence-electron chi connectivity index (χ0n) is 11.0. The molecule has 0 bridgehead atoms. The molecule has 0 saturated carbocycles. The van der Waals surface area contributed by atoms with Gasteiger partial charge in [-0.2, -0.15) is 0 Å². The van der Waals surface area contributed by atoms with E-state index in [0.717, 1.165) is 36.1 Å². The second-order valence-electron chi connectivity index (χ2n) is 5.28. The highest BCUT2D eigenvalue weighted by Gasteiger charge is 2.25. The second kappa shape index (κ2) is 4.42. The Morgan fingerprint density at radius 1 is 1.32 bits per heavy atom. The fraction of sp³-hybridized carbons (Fsp3) is 0.571. The van der Waals surface area contributed by atoms with Crippen LogP contribution in [0, 0.1) is 0 Å². The molecule has 5 heteroatoms. The third-order valence-corrected chi connectivity index (χ3v) is 5.30. The van der Waals surface area contributed by atoms with Gasteiger partial charge in [-0.25, -0.2) is 9.97 Å². The van der Waals surface area contributed by atoms with Gasteiger partial charge in [-0.3, -0.25) is 0 Å². The molecule has 1 aliphatic carbocycles. The molecule has 1 N–H and O–H groups in total. The topological polar surface area (TPSA) is 47.0 Å². The minimum atomic E-state index is 0.369. The van der Waals surface area contributed by atoms with Crippen LogP contribution in [0.1, 0.15) is 35.0 Å². The lowest BCUT2D eigenvalue weighted by Crippen LogP contribution is -2.06. The fourth-order valence-corrected chi connectivity index (χ4v) is 4.38. The zero-order valence-corrected chi connectivity index (χ0v) is 11.8. The molecule has 4 rings (SSSR count). The summed E-state index contributed by atoms with van der Waals surface area (Å²) in [6.45, 7) is 1.60. The number of fused-ring (bicyclic) bond motifs is 3. The largest absolute Gasteiger partial charge is 0.381 e. The first-order valence-electron chi connectivity index (χ1n) is 6.94. The molecule has 0 aromatic carbocycles. The van der Waals surface area contributed by atoms with Crippen LogP contribution in [0.4, 0.5) is 5.82 Å². The number of hydrogen-bond acceptors (Lipinski definition) is 5. The smallest absolute Gasteiger partial charge is 0.138 e. The van der Waals surface area contributed by atoms with Gasteiger partial charge in [0.15, 0.2) is 0 Å². The van der Waals surface area contributed by atoms with Crippen LogP contribution in [0.2, 0.25) is 0 Å². The van der Waals surface area contributed by atoms with Crippen molar-refractivity contribution in [3.05, 3.63) is 16.3 Å². The van der Waals surface area contributed by atoms with Gasteiger partial charge < -0.3 is 10.1 Å². The lowest BCUT2D eigenvalue weighted by Gasteiger charge is -2.10. The maximum Gasteiger partial charge on any atom is 0.138 e. The number of ether oxygens (including phenoxy) is 1. The molecular weight excluding hydrogens is 258 g/mol. The van der Waals surface area contributed by atoms with Crippen molar-refractivity contribution in [3.8, 4) is 0 Å². The molecule has 0 amide bonds. The van der Waals surface area contributed by atoms with Gasteiger partial charge in [0.25, 0.3) is 0 Å². The van der Waals surface area contributed by atoms with Crippen molar-refractivity contribution in [1.29, 1.82) is 0 Å². The van der Waals surface area contributed by atoms with Crippen molar-refractivity contribution in [2.24, 2.45) is 0 Å². The summed E-state index contributed by atoms with van der Waals surface area (Å²) in [5.41, 5.74) is 1.48. The molecule has 3 heterocycles. The van der Waals surface area contributed by atoms with Gasteiger partial charge in [0.05, 0.1) is 12.0 Å². The minimum absolute atomic E-state index is 0.369. The number of aromatic nitrogens is 2. The molecule has 1 unspecified atom stereocenters. The molecule has 2 aromatic heterocycles. The summed E-state index contributed by atoms with van der Waals surface area (Å²) in [4.78, 5) is 12.2. The summed E-state index contributed by atoms with van der Waals surface area (Å²) in [5.74, 6) is 2.33. The lowest BCUT2D eigenvalue weighted by atomic mass is 10.1. The van der Waals surface area contributed by atoms with Crippen molar-refractivity contribution in [2.75, 3.05) is 25.6 Å². The molecule has 0 spiro atoms. The number of thiophene rings is 1. The van der Waals surface area contributed by atoms with Crippen LogP contribution in [0.3, 0.4) is 0 Å². The Hall–Kier alpha value is -1.20. The minimum Gasteiger partial charge on any atom is -0.381 e. The van der Waals surface area contributed by atoms with Crippen LogP contribution in [-0.4, -0.2) is 30.2 Å². The highest BCUT2D eigenvalue weighted by atomic mass is 32.1. The number of rotatable bonds is 2. The number of hydrogen-bond donors (Lipinski definition) is 1. The Kier molecular flexibility index (Phi) is 2.70. The lowest BCUT2D eigenvalue weighted by molar-refractivity contribution is 0.193. The fourth-order valence-electron chi connectivity index (χ4n) is 3.11. The van der Waals surface area contributed by atoms with Gasteiger partial charge in [-0.1, -0.05) is 0 Å². The van der Waals surface area contributed by atoms with E-state index in [0.29, 0.717) is 5.92 Å². The summed E-state index contributed by atoms with van der Waals surface area (Å²) >= 11 is 1.86. The normalized spacial score (nSPS) is 22.1. The van der Waals surface area contributed by atoms with Crippen molar-refractivity contribution < 1.29 is 4.74 Å². The summed E-state index contributed by atoms with van der Waals surface area (Å²) in [6.07, 6.45) is 4.71. The Morgan fingerprint density at radius 2 is 2.26 bits per heavy atom. The van der Waals surface area contributed by atoms with Crippen molar-refractivity contribution >= 4 is 27.4 Å². The molecule has 1 atom stereocenters. The summed E-state index contributed by atoms with van der Waals surface area (Å²) in [7, 11) is 1.95. The SMILES string of the molecule is CNc1nc(C2CCOC2)nc2sc3c(c12)CCC3. The van der Waals surface area contributed by atoms with E-state index in [1.54, 1.807) is 0 Å². The molecule has 100 valence electrons. The predicted molar refractivity (Wildman–Crippen MR) is 77.2 cm³/mol. The Bertz CT molecular complexity index is 631. The average molecular weight is 275 g/mol. The Labute approximate surface area is 116 Å². The first kappa shape index (κ1) is 11.6. The van der Waals surface area contributed by atoms with E-state index in [1.165, 1.54) is 35.1 Å². The van der Waals surface area contributed by atoms with E-state index >= 15 is 0 Å². The third-order valence-electron chi connectivity index (χ3n) is 4.11.